The van der Waals surface area contributed by atoms with Crippen molar-refractivity contribution in [1.82, 2.24) is 19.2 Å². The summed E-state index contributed by atoms with van der Waals surface area (Å²) in [5, 5.41) is 12.7. The van der Waals surface area contributed by atoms with Gasteiger partial charge in [-0.2, -0.15) is 9.94 Å². The van der Waals surface area contributed by atoms with Gasteiger partial charge in [0.2, 0.25) is 5.65 Å². The van der Waals surface area contributed by atoms with Gasteiger partial charge in [-0.3, -0.25) is 0 Å². The fraction of sp³-hybridized carbons (Fsp3) is 0.0769. The molecule has 0 atom stereocenters. The molecule has 1 aromatic carbocycles. The minimum absolute atomic E-state index is 0.0953. The Hall–Kier alpha value is -3.21. The van der Waals surface area contributed by atoms with Crippen LogP contribution in [0, 0.1) is 17.1 Å². The van der Waals surface area contributed by atoms with Gasteiger partial charge < -0.3 is 4.74 Å². The molecular weight excluding hydrogens is 277 g/mol. The molecule has 21 heavy (non-hydrogen) atoms. The Balaban J connectivity index is 2.07. The molecule has 0 amide bonds. The highest BCUT2D eigenvalue weighted by molar-refractivity contribution is 5.49. The third-order valence-corrected chi connectivity index (χ3v) is 2.72. The molecule has 0 fully saturated rings. The Bertz CT molecular complexity index is 892. The lowest BCUT2D eigenvalue weighted by atomic mass is 10.3. The summed E-state index contributed by atoms with van der Waals surface area (Å²) in [6.07, 6.45) is 2.81. The topological polar surface area (TPSA) is 85.2 Å². The van der Waals surface area contributed by atoms with E-state index in [2.05, 4.69) is 10.1 Å². The van der Waals surface area contributed by atoms with Gasteiger partial charge in [0, 0.05) is 12.4 Å². The van der Waals surface area contributed by atoms with E-state index < -0.39 is 5.69 Å². The molecular formula is C13H8FN5O2. The maximum absolute atomic E-state index is 12.9. The second-order valence-corrected chi connectivity index (χ2v) is 4.08. The zero-order valence-electron chi connectivity index (χ0n) is 10.6. The van der Waals surface area contributed by atoms with Gasteiger partial charge in [-0.15, -0.1) is 5.10 Å². The lowest BCUT2D eigenvalue weighted by Gasteiger charge is -2.04. The zero-order valence-corrected chi connectivity index (χ0v) is 10.6. The van der Waals surface area contributed by atoms with Crippen LogP contribution in [0.1, 0.15) is 0 Å². The van der Waals surface area contributed by atoms with Crippen LogP contribution in [-0.4, -0.2) is 19.2 Å². The number of benzene rings is 1. The van der Waals surface area contributed by atoms with Crippen LogP contribution >= 0.6 is 0 Å². The smallest absolute Gasteiger partial charge is 0.351 e. The summed E-state index contributed by atoms with van der Waals surface area (Å²) in [6.45, 7) is -0.170. The highest BCUT2D eigenvalue weighted by Gasteiger charge is 2.13. The Morgan fingerprint density at radius 3 is 2.81 bits per heavy atom. The number of aromatic nitrogens is 4. The first-order chi connectivity index (χ1) is 10.2. The van der Waals surface area contributed by atoms with Crippen molar-refractivity contribution in [3.8, 4) is 17.7 Å². The number of ether oxygens (including phenoxy) is 1. The molecule has 7 nitrogen and oxygen atoms in total. The zero-order chi connectivity index (χ0) is 14.8. The number of fused-ring (bicyclic) bond motifs is 1. The quantitative estimate of drug-likeness (QED) is 0.725. The Labute approximate surface area is 117 Å². The van der Waals surface area contributed by atoms with Crippen molar-refractivity contribution in [1.29, 1.82) is 5.26 Å². The molecule has 3 aromatic rings. The molecule has 0 aliphatic heterocycles. The number of nitriles is 1. The van der Waals surface area contributed by atoms with E-state index in [1.807, 2.05) is 6.07 Å². The summed E-state index contributed by atoms with van der Waals surface area (Å²) in [4.78, 5) is 16.0. The predicted octanol–water partition coefficient (Wildman–Crippen LogP) is 1.35. The molecule has 0 bridgehead atoms. The fourth-order valence-electron chi connectivity index (χ4n) is 1.78. The van der Waals surface area contributed by atoms with Gasteiger partial charge in [-0.1, -0.05) is 0 Å². The van der Waals surface area contributed by atoms with E-state index in [4.69, 9.17) is 10.00 Å². The molecule has 0 saturated heterocycles. The van der Waals surface area contributed by atoms with Crippen LogP contribution in [0.25, 0.3) is 5.65 Å². The summed E-state index contributed by atoms with van der Waals surface area (Å²) in [5.74, 6) is 0.0696. The second-order valence-electron chi connectivity index (χ2n) is 4.08. The van der Waals surface area contributed by atoms with E-state index in [0.29, 0.717) is 5.75 Å². The highest BCUT2D eigenvalue weighted by atomic mass is 19.1. The van der Waals surface area contributed by atoms with Gasteiger partial charge in [0.25, 0.3) is 5.88 Å². The monoisotopic (exact) mass is 285 g/mol. The summed E-state index contributed by atoms with van der Waals surface area (Å²) in [6, 6.07) is 7.21. The van der Waals surface area contributed by atoms with Gasteiger partial charge >= 0.3 is 5.69 Å². The molecule has 0 aliphatic carbocycles. The molecule has 2 aromatic heterocycles. The standard InChI is InChI=1S/C13H8FN5O2/c14-9-1-3-10(4-2-9)21-12-11-17-19(7-5-15)13(20)18(11)8-6-16-12/h1-4,6,8H,7H2. The number of nitrogens with zero attached hydrogens (tertiary/aromatic N) is 5. The Kier molecular flexibility index (Phi) is 3.08. The highest BCUT2D eigenvalue weighted by Crippen LogP contribution is 2.21. The molecule has 0 spiro atoms. The van der Waals surface area contributed by atoms with E-state index in [9.17, 15) is 9.18 Å². The van der Waals surface area contributed by atoms with E-state index >= 15 is 0 Å². The summed E-state index contributed by atoms with van der Waals surface area (Å²) < 4.78 is 20.6. The van der Waals surface area contributed by atoms with Crippen molar-refractivity contribution in [2.24, 2.45) is 0 Å². The maximum Gasteiger partial charge on any atom is 0.351 e. The first kappa shape index (κ1) is 12.8. The molecule has 8 heteroatoms. The van der Waals surface area contributed by atoms with Crippen molar-refractivity contribution >= 4 is 5.65 Å². The van der Waals surface area contributed by atoms with E-state index in [1.54, 1.807) is 0 Å². The van der Waals surface area contributed by atoms with E-state index in [1.165, 1.54) is 41.1 Å². The molecule has 0 saturated carbocycles. The van der Waals surface area contributed by atoms with Crippen LogP contribution in [0.2, 0.25) is 0 Å². The van der Waals surface area contributed by atoms with Gasteiger partial charge in [0.1, 0.15) is 18.1 Å². The average Bonchev–Trinajstić information content (AvgIpc) is 2.80. The summed E-state index contributed by atoms with van der Waals surface area (Å²) in [7, 11) is 0. The average molecular weight is 285 g/mol. The van der Waals surface area contributed by atoms with Crippen LogP contribution in [0.4, 0.5) is 4.39 Å². The third kappa shape index (κ3) is 2.32. The largest absolute Gasteiger partial charge is 0.436 e. The van der Waals surface area contributed by atoms with Crippen LogP contribution in [0.15, 0.2) is 41.5 Å². The first-order valence-corrected chi connectivity index (χ1v) is 5.93. The second kappa shape index (κ2) is 5.05. The van der Waals surface area contributed by atoms with Gasteiger partial charge in [-0.05, 0) is 24.3 Å². The molecule has 0 unspecified atom stereocenters. The van der Waals surface area contributed by atoms with Crippen molar-refractivity contribution in [3.63, 3.8) is 0 Å². The number of rotatable bonds is 3. The van der Waals surface area contributed by atoms with Gasteiger partial charge in [0.05, 0.1) is 6.07 Å². The minimum Gasteiger partial charge on any atom is -0.436 e. The maximum atomic E-state index is 12.9. The molecule has 0 N–H and O–H groups in total. The van der Waals surface area contributed by atoms with E-state index in [0.717, 1.165) is 4.68 Å². The first-order valence-electron chi connectivity index (χ1n) is 5.93. The van der Waals surface area contributed by atoms with Crippen molar-refractivity contribution < 1.29 is 9.13 Å². The van der Waals surface area contributed by atoms with Crippen LogP contribution in [-0.2, 0) is 6.54 Å². The Morgan fingerprint density at radius 1 is 1.33 bits per heavy atom. The summed E-state index contributed by atoms with van der Waals surface area (Å²) in [5.41, 5.74) is -0.278. The lowest BCUT2D eigenvalue weighted by Crippen LogP contribution is -2.20. The molecule has 104 valence electrons. The van der Waals surface area contributed by atoms with E-state index in [-0.39, 0.29) is 23.9 Å². The predicted molar refractivity (Wildman–Crippen MR) is 69.3 cm³/mol. The molecule has 0 aliphatic rings. The normalized spacial score (nSPS) is 10.5. The number of hydrogen-bond acceptors (Lipinski definition) is 5. The van der Waals surface area contributed by atoms with Gasteiger partial charge in [-0.25, -0.2) is 18.6 Å². The molecule has 0 radical (unpaired) electrons. The molecule has 3 rings (SSSR count). The SMILES string of the molecule is N#CCn1nc2c(Oc3ccc(F)cc3)nccn2c1=O. The number of halogens is 1. The lowest BCUT2D eigenvalue weighted by molar-refractivity contribution is 0.462. The fourth-order valence-corrected chi connectivity index (χ4v) is 1.78. The number of hydrogen-bond donors (Lipinski definition) is 0. The third-order valence-electron chi connectivity index (χ3n) is 2.72. The van der Waals surface area contributed by atoms with Crippen LogP contribution in [0.5, 0.6) is 11.6 Å². The summed E-state index contributed by atoms with van der Waals surface area (Å²) >= 11 is 0. The minimum atomic E-state index is -0.460. The Morgan fingerprint density at radius 2 is 2.10 bits per heavy atom. The molecule has 2 heterocycles. The van der Waals surface area contributed by atoms with Crippen molar-refractivity contribution in [2.75, 3.05) is 0 Å². The van der Waals surface area contributed by atoms with Crippen molar-refractivity contribution in [2.45, 2.75) is 6.54 Å². The van der Waals surface area contributed by atoms with Crippen molar-refractivity contribution in [3.05, 3.63) is 53.0 Å². The van der Waals surface area contributed by atoms with Crippen LogP contribution < -0.4 is 10.4 Å². The van der Waals surface area contributed by atoms with Crippen LogP contribution in [0.3, 0.4) is 0 Å². The van der Waals surface area contributed by atoms with Gasteiger partial charge in [0.15, 0.2) is 0 Å².